The molecule has 0 N–H and O–H groups in total. The Morgan fingerprint density at radius 3 is 2.57 bits per heavy atom. The molecule has 5 heteroatoms. The first kappa shape index (κ1) is 17.9. The Bertz CT molecular complexity index is 1140. The standard InChI is InChI=1S/C23H22N4O/c1-16-8-10-18(11-9-16)22-12-20(19-6-4-5-7-21(19)25-22)23(28)26(2)14-17-13-24-27(3)15-17/h4-13,15H,14H2,1-3H3. The lowest BCUT2D eigenvalue weighted by Crippen LogP contribution is -2.26. The molecular weight excluding hydrogens is 348 g/mol. The number of carbonyl (C=O) groups excluding carboxylic acids is 1. The van der Waals surface area contributed by atoms with E-state index >= 15 is 0 Å². The third kappa shape index (κ3) is 3.51. The molecule has 0 radical (unpaired) electrons. The van der Waals surface area contributed by atoms with Crippen LogP contribution < -0.4 is 0 Å². The van der Waals surface area contributed by atoms with Gasteiger partial charge in [0.05, 0.1) is 23.0 Å². The lowest BCUT2D eigenvalue weighted by atomic mass is 10.0. The van der Waals surface area contributed by atoms with Crippen LogP contribution in [0.3, 0.4) is 0 Å². The van der Waals surface area contributed by atoms with Crippen LogP contribution in [0.1, 0.15) is 21.5 Å². The second-order valence-corrected chi connectivity index (χ2v) is 7.12. The third-order valence-electron chi connectivity index (χ3n) is 4.82. The van der Waals surface area contributed by atoms with Crippen LogP contribution in [0.5, 0.6) is 0 Å². The monoisotopic (exact) mass is 370 g/mol. The number of amides is 1. The Balaban J connectivity index is 1.76. The zero-order chi connectivity index (χ0) is 19.7. The van der Waals surface area contributed by atoms with Gasteiger partial charge in [0.2, 0.25) is 0 Å². The van der Waals surface area contributed by atoms with Gasteiger partial charge in [-0.15, -0.1) is 0 Å². The molecule has 0 aliphatic carbocycles. The van der Waals surface area contributed by atoms with Gasteiger partial charge in [0, 0.05) is 43.4 Å². The number of aryl methyl sites for hydroxylation is 2. The first-order valence-electron chi connectivity index (χ1n) is 9.21. The zero-order valence-corrected chi connectivity index (χ0v) is 16.3. The molecule has 0 saturated carbocycles. The number of pyridine rings is 1. The minimum Gasteiger partial charge on any atom is -0.337 e. The Hall–Kier alpha value is -3.47. The molecule has 0 aliphatic heterocycles. The van der Waals surface area contributed by atoms with Gasteiger partial charge in [0.1, 0.15) is 0 Å². The molecule has 5 nitrogen and oxygen atoms in total. The summed E-state index contributed by atoms with van der Waals surface area (Å²) in [5, 5.41) is 5.04. The van der Waals surface area contributed by atoms with E-state index in [2.05, 4.69) is 24.2 Å². The quantitative estimate of drug-likeness (QED) is 0.540. The number of aromatic nitrogens is 3. The fraction of sp³-hybridized carbons (Fsp3) is 0.174. The number of nitrogens with zero attached hydrogens (tertiary/aromatic N) is 4. The van der Waals surface area contributed by atoms with E-state index in [1.54, 1.807) is 15.8 Å². The van der Waals surface area contributed by atoms with E-state index in [1.807, 2.05) is 62.8 Å². The topological polar surface area (TPSA) is 51.0 Å². The van der Waals surface area contributed by atoms with E-state index in [0.29, 0.717) is 12.1 Å². The SMILES string of the molecule is Cc1ccc(-c2cc(C(=O)N(C)Cc3cnn(C)c3)c3ccccc3n2)cc1. The van der Waals surface area contributed by atoms with Crippen LogP contribution in [0.4, 0.5) is 0 Å². The van der Waals surface area contributed by atoms with Crippen molar-refractivity contribution in [2.45, 2.75) is 13.5 Å². The highest BCUT2D eigenvalue weighted by Crippen LogP contribution is 2.26. The Morgan fingerprint density at radius 2 is 1.86 bits per heavy atom. The van der Waals surface area contributed by atoms with Crippen molar-refractivity contribution < 1.29 is 4.79 Å². The number of benzene rings is 2. The first-order chi connectivity index (χ1) is 13.5. The lowest BCUT2D eigenvalue weighted by molar-refractivity contribution is 0.0787. The van der Waals surface area contributed by atoms with Crippen LogP contribution in [-0.2, 0) is 13.6 Å². The van der Waals surface area contributed by atoms with E-state index < -0.39 is 0 Å². The normalized spacial score (nSPS) is 11.0. The van der Waals surface area contributed by atoms with Gasteiger partial charge < -0.3 is 4.90 Å². The van der Waals surface area contributed by atoms with Crippen molar-refractivity contribution in [3.05, 3.63) is 83.7 Å². The van der Waals surface area contributed by atoms with Crippen molar-refractivity contribution in [2.75, 3.05) is 7.05 Å². The average molecular weight is 370 g/mol. The number of hydrogen-bond acceptors (Lipinski definition) is 3. The number of carbonyl (C=O) groups is 1. The van der Waals surface area contributed by atoms with Crippen LogP contribution in [0.2, 0.25) is 0 Å². The molecule has 0 aliphatic rings. The molecule has 140 valence electrons. The average Bonchev–Trinajstić information content (AvgIpc) is 3.11. The summed E-state index contributed by atoms with van der Waals surface area (Å²) in [5.74, 6) is -0.0317. The summed E-state index contributed by atoms with van der Waals surface area (Å²) in [5.41, 5.74) is 5.47. The molecule has 0 spiro atoms. The molecule has 4 aromatic rings. The maximum absolute atomic E-state index is 13.3. The van der Waals surface area contributed by atoms with Gasteiger partial charge in [-0.3, -0.25) is 9.48 Å². The molecule has 2 aromatic heterocycles. The lowest BCUT2D eigenvalue weighted by Gasteiger charge is -2.18. The summed E-state index contributed by atoms with van der Waals surface area (Å²) in [6.07, 6.45) is 3.71. The van der Waals surface area contributed by atoms with E-state index in [1.165, 1.54) is 5.56 Å². The van der Waals surface area contributed by atoms with Gasteiger partial charge in [-0.2, -0.15) is 5.10 Å². The summed E-state index contributed by atoms with van der Waals surface area (Å²) >= 11 is 0. The molecule has 0 unspecified atom stereocenters. The molecule has 2 aromatic carbocycles. The van der Waals surface area contributed by atoms with Crippen molar-refractivity contribution in [1.82, 2.24) is 19.7 Å². The van der Waals surface area contributed by atoms with Gasteiger partial charge in [-0.05, 0) is 19.1 Å². The third-order valence-corrected chi connectivity index (χ3v) is 4.82. The number of para-hydroxylation sites is 1. The van der Waals surface area contributed by atoms with E-state index in [9.17, 15) is 4.79 Å². The van der Waals surface area contributed by atoms with Gasteiger partial charge in [0.25, 0.3) is 5.91 Å². The van der Waals surface area contributed by atoms with Crippen LogP contribution in [-0.4, -0.2) is 32.6 Å². The fourth-order valence-corrected chi connectivity index (χ4v) is 3.33. The molecule has 0 saturated heterocycles. The first-order valence-corrected chi connectivity index (χ1v) is 9.21. The predicted octanol–water partition coefficient (Wildman–Crippen LogP) is 4.22. The maximum Gasteiger partial charge on any atom is 0.254 e. The van der Waals surface area contributed by atoms with E-state index in [4.69, 9.17) is 4.98 Å². The summed E-state index contributed by atoms with van der Waals surface area (Å²) in [4.78, 5) is 19.8. The van der Waals surface area contributed by atoms with Crippen LogP contribution in [0, 0.1) is 6.92 Å². The Kier molecular flexibility index (Phi) is 4.65. The number of hydrogen-bond donors (Lipinski definition) is 0. The van der Waals surface area contributed by atoms with Crippen molar-refractivity contribution in [2.24, 2.45) is 7.05 Å². The van der Waals surface area contributed by atoms with Gasteiger partial charge in [-0.1, -0.05) is 48.0 Å². The van der Waals surface area contributed by atoms with Crippen molar-refractivity contribution >= 4 is 16.8 Å². The number of rotatable bonds is 4. The van der Waals surface area contributed by atoms with E-state index in [0.717, 1.165) is 27.7 Å². The molecule has 1 amide bonds. The summed E-state index contributed by atoms with van der Waals surface area (Å²) in [6.45, 7) is 2.56. The highest BCUT2D eigenvalue weighted by Gasteiger charge is 2.18. The minimum atomic E-state index is -0.0317. The Morgan fingerprint density at radius 1 is 1.11 bits per heavy atom. The molecule has 0 fully saturated rings. The van der Waals surface area contributed by atoms with Crippen LogP contribution >= 0.6 is 0 Å². The summed E-state index contributed by atoms with van der Waals surface area (Å²) in [6, 6.07) is 17.9. The minimum absolute atomic E-state index is 0.0317. The number of fused-ring (bicyclic) bond motifs is 1. The second kappa shape index (κ2) is 7.27. The zero-order valence-electron chi connectivity index (χ0n) is 16.3. The Labute approximate surface area is 164 Å². The summed E-state index contributed by atoms with van der Waals surface area (Å²) in [7, 11) is 3.69. The maximum atomic E-state index is 13.3. The van der Waals surface area contributed by atoms with Crippen molar-refractivity contribution in [3.8, 4) is 11.3 Å². The van der Waals surface area contributed by atoms with E-state index in [-0.39, 0.29) is 5.91 Å². The van der Waals surface area contributed by atoms with Gasteiger partial charge >= 0.3 is 0 Å². The molecule has 28 heavy (non-hydrogen) atoms. The smallest absolute Gasteiger partial charge is 0.254 e. The highest BCUT2D eigenvalue weighted by atomic mass is 16.2. The largest absolute Gasteiger partial charge is 0.337 e. The van der Waals surface area contributed by atoms with Crippen LogP contribution in [0.15, 0.2) is 67.0 Å². The predicted molar refractivity (Wildman–Crippen MR) is 111 cm³/mol. The molecule has 0 atom stereocenters. The van der Waals surface area contributed by atoms with Crippen LogP contribution in [0.25, 0.3) is 22.2 Å². The van der Waals surface area contributed by atoms with Crippen molar-refractivity contribution in [1.29, 1.82) is 0 Å². The van der Waals surface area contributed by atoms with Gasteiger partial charge in [0.15, 0.2) is 0 Å². The molecule has 4 rings (SSSR count). The highest BCUT2D eigenvalue weighted by molar-refractivity contribution is 6.07. The molecule has 2 heterocycles. The second-order valence-electron chi connectivity index (χ2n) is 7.12. The fourth-order valence-electron chi connectivity index (χ4n) is 3.33. The molecular formula is C23H22N4O. The summed E-state index contributed by atoms with van der Waals surface area (Å²) < 4.78 is 1.74. The van der Waals surface area contributed by atoms with Gasteiger partial charge in [-0.25, -0.2) is 4.98 Å². The van der Waals surface area contributed by atoms with Crippen molar-refractivity contribution in [3.63, 3.8) is 0 Å². The molecule has 0 bridgehead atoms.